The van der Waals surface area contributed by atoms with Gasteiger partial charge in [0, 0.05) is 10.0 Å². The Labute approximate surface area is 80.0 Å². The first kappa shape index (κ1) is 9.36. The number of aldehydes is 1. The Morgan fingerprint density at radius 3 is 2.25 bits per heavy atom. The molecule has 1 radical (unpaired) electrons. The first-order chi connectivity index (χ1) is 5.72. The molecule has 1 aromatic carbocycles. The van der Waals surface area contributed by atoms with E-state index in [0.717, 1.165) is 6.61 Å². The van der Waals surface area contributed by atoms with Crippen molar-refractivity contribution < 1.29 is 9.53 Å². The maximum Gasteiger partial charge on any atom is 0.197 e. The second-order valence-corrected chi connectivity index (χ2v) is 2.87. The lowest BCUT2D eigenvalue weighted by atomic mass is 10.3. The van der Waals surface area contributed by atoms with Gasteiger partial charge < -0.3 is 4.74 Å². The lowest BCUT2D eigenvalue weighted by Crippen LogP contribution is -1.89. The van der Waals surface area contributed by atoms with Gasteiger partial charge in [0.1, 0.15) is 5.75 Å². The van der Waals surface area contributed by atoms with Gasteiger partial charge in [-0.25, -0.2) is 0 Å². The van der Waals surface area contributed by atoms with E-state index < -0.39 is 0 Å². The maximum atomic E-state index is 9.90. The number of ether oxygens (including phenoxy) is 1. The Morgan fingerprint density at radius 2 is 1.75 bits per heavy atom. The van der Waals surface area contributed by atoms with Crippen molar-refractivity contribution in [1.29, 1.82) is 0 Å². The minimum atomic E-state index is 0.444. The second kappa shape index (κ2) is 4.33. The van der Waals surface area contributed by atoms with Gasteiger partial charge in [-0.15, -0.1) is 0 Å². The third-order valence-electron chi connectivity index (χ3n) is 1.10. The minimum absolute atomic E-state index is 0.444. The van der Waals surface area contributed by atoms with Gasteiger partial charge in [-0.05, 0) is 18.2 Å². The van der Waals surface area contributed by atoms with Crippen LogP contribution < -0.4 is 4.74 Å². The zero-order chi connectivity index (χ0) is 8.97. The highest BCUT2D eigenvalue weighted by Crippen LogP contribution is 2.24. The summed E-state index contributed by atoms with van der Waals surface area (Å²) in [5.74, 6) is 0.444. The van der Waals surface area contributed by atoms with Crippen LogP contribution in [-0.2, 0) is 4.79 Å². The molecule has 0 spiro atoms. The average Bonchev–Trinajstić information content (AvgIpc) is 1.99. The fraction of sp³-hybridized carbons (Fsp3) is 0. The summed E-state index contributed by atoms with van der Waals surface area (Å²) in [5.41, 5.74) is 0. The molecule has 4 heteroatoms. The van der Waals surface area contributed by atoms with E-state index in [1.54, 1.807) is 18.2 Å². The van der Waals surface area contributed by atoms with Gasteiger partial charge in [0.2, 0.25) is 0 Å². The summed E-state index contributed by atoms with van der Waals surface area (Å²) >= 11 is 11.3. The van der Waals surface area contributed by atoms with Gasteiger partial charge in [0.15, 0.2) is 12.9 Å². The number of hydrogen-bond donors (Lipinski definition) is 0. The molecule has 0 saturated carbocycles. The predicted octanol–water partition coefficient (Wildman–Crippen LogP) is 2.73. The predicted molar refractivity (Wildman–Crippen MR) is 47.5 cm³/mol. The molecule has 1 rings (SSSR count). The van der Waals surface area contributed by atoms with Crippen molar-refractivity contribution in [2.45, 2.75) is 0 Å². The molecule has 0 aromatic heterocycles. The van der Waals surface area contributed by atoms with E-state index in [1.165, 1.54) is 0 Å². The van der Waals surface area contributed by atoms with Crippen LogP contribution in [0, 0.1) is 6.61 Å². The van der Waals surface area contributed by atoms with Crippen molar-refractivity contribution in [2.24, 2.45) is 0 Å². The molecular weight excluding hydrogens is 199 g/mol. The van der Waals surface area contributed by atoms with Crippen LogP contribution in [0.4, 0.5) is 0 Å². The molecule has 0 aliphatic carbocycles. The zero-order valence-corrected chi connectivity index (χ0v) is 7.47. The van der Waals surface area contributed by atoms with Crippen molar-refractivity contribution in [3.8, 4) is 5.75 Å². The van der Waals surface area contributed by atoms with Crippen molar-refractivity contribution in [2.75, 3.05) is 0 Å². The largest absolute Gasteiger partial charge is 0.478 e. The summed E-state index contributed by atoms with van der Waals surface area (Å²) < 4.78 is 4.85. The summed E-state index contributed by atoms with van der Waals surface area (Å²) in [6.45, 7) is 1.02. The summed E-state index contributed by atoms with van der Waals surface area (Å²) in [7, 11) is 0. The molecule has 0 atom stereocenters. The third kappa shape index (κ3) is 2.72. The van der Waals surface area contributed by atoms with Crippen LogP contribution in [0.3, 0.4) is 0 Å². The van der Waals surface area contributed by atoms with Crippen molar-refractivity contribution >= 4 is 29.5 Å². The third-order valence-corrected chi connectivity index (χ3v) is 1.53. The van der Waals surface area contributed by atoms with Crippen LogP contribution in [-0.4, -0.2) is 6.29 Å². The van der Waals surface area contributed by atoms with Crippen LogP contribution in [0.1, 0.15) is 0 Å². The Balaban J connectivity index is 2.78. The van der Waals surface area contributed by atoms with Crippen molar-refractivity contribution in [3.05, 3.63) is 34.9 Å². The molecule has 63 valence electrons. The quantitative estimate of drug-likeness (QED) is 0.707. The molecule has 12 heavy (non-hydrogen) atoms. The summed E-state index contributed by atoms with van der Waals surface area (Å²) in [6, 6.07) is 4.71. The normalized spacial score (nSPS) is 9.50. The second-order valence-electron chi connectivity index (χ2n) is 2.00. The Morgan fingerprint density at radius 1 is 1.17 bits per heavy atom. The smallest absolute Gasteiger partial charge is 0.197 e. The molecule has 0 aliphatic heterocycles. The number of carbonyl (C=O) groups is 1. The molecule has 1 aromatic rings. The Hall–Kier alpha value is -0.730. The van der Waals surface area contributed by atoms with Crippen LogP contribution in [0.25, 0.3) is 0 Å². The van der Waals surface area contributed by atoms with E-state index in [9.17, 15) is 4.79 Å². The number of halogens is 2. The molecule has 0 amide bonds. The molecule has 0 aliphatic rings. The summed E-state index contributed by atoms with van der Waals surface area (Å²) in [6.07, 6.45) is 0.537. The van der Waals surface area contributed by atoms with Gasteiger partial charge in [-0.3, -0.25) is 4.79 Å². The first-order valence-corrected chi connectivity index (χ1v) is 3.87. The van der Waals surface area contributed by atoms with Crippen LogP contribution >= 0.6 is 23.2 Å². The van der Waals surface area contributed by atoms with Gasteiger partial charge in [-0.1, -0.05) is 23.2 Å². The minimum Gasteiger partial charge on any atom is -0.478 e. The average molecular weight is 204 g/mol. The van der Waals surface area contributed by atoms with E-state index in [4.69, 9.17) is 27.9 Å². The maximum absolute atomic E-state index is 9.90. The van der Waals surface area contributed by atoms with E-state index >= 15 is 0 Å². The first-order valence-electron chi connectivity index (χ1n) is 3.12. The highest BCUT2D eigenvalue weighted by Gasteiger charge is 1.98. The SMILES string of the molecule is O=C[CH]Oc1cc(Cl)cc(Cl)c1. The van der Waals surface area contributed by atoms with E-state index in [0.29, 0.717) is 22.1 Å². The topological polar surface area (TPSA) is 26.3 Å². The van der Waals surface area contributed by atoms with E-state index in [-0.39, 0.29) is 0 Å². The lowest BCUT2D eigenvalue weighted by molar-refractivity contribution is -0.107. The summed E-state index contributed by atoms with van der Waals surface area (Å²) in [4.78, 5) is 9.90. The highest BCUT2D eigenvalue weighted by atomic mass is 35.5. The molecule has 0 N–H and O–H groups in total. The molecule has 0 heterocycles. The summed E-state index contributed by atoms with van der Waals surface area (Å²) in [5, 5.41) is 0.939. The molecule has 0 unspecified atom stereocenters. The van der Waals surface area contributed by atoms with Gasteiger partial charge in [-0.2, -0.15) is 0 Å². The lowest BCUT2D eigenvalue weighted by Gasteiger charge is -2.01. The molecule has 0 bridgehead atoms. The fourth-order valence-electron chi connectivity index (χ4n) is 0.703. The number of carbonyl (C=O) groups excluding carboxylic acids is 1. The number of rotatable bonds is 3. The molecule has 0 fully saturated rings. The number of hydrogen-bond acceptors (Lipinski definition) is 2. The van der Waals surface area contributed by atoms with Crippen molar-refractivity contribution in [1.82, 2.24) is 0 Å². The van der Waals surface area contributed by atoms with E-state index in [1.807, 2.05) is 0 Å². The van der Waals surface area contributed by atoms with Gasteiger partial charge in [0.05, 0.1) is 0 Å². The van der Waals surface area contributed by atoms with Crippen molar-refractivity contribution in [3.63, 3.8) is 0 Å². The van der Waals surface area contributed by atoms with E-state index in [2.05, 4.69) is 0 Å². The zero-order valence-electron chi connectivity index (χ0n) is 5.96. The Kier molecular flexibility index (Phi) is 3.38. The highest BCUT2D eigenvalue weighted by molar-refractivity contribution is 6.34. The molecule has 2 nitrogen and oxygen atoms in total. The van der Waals surface area contributed by atoms with Gasteiger partial charge in [0.25, 0.3) is 0 Å². The van der Waals surface area contributed by atoms with Crippen LogP contribution in [0.15, 0.2) is 18.2 Å². The Bertz CT molecular complexity index is 266. The molecular formula is C8H5Cl2O2. The molecule has 0 saturated heterocycles. The fourth-order valence-corrected chi connectivity index (χ4v) is 1.21. The van der Waals surface area contributed by atoms with Crippen LogP contribution in [0.5, 0.6) is 5.75 Å². The number of benzene rings is 1. The van der Waals surface area contributed by atoms with Gasteiger partial charge >= 0.3 is 0 Å². The monoisotopic (exact) mass is 203 g/mol. The van der Waals surface area contributed by atoms with Crippen LogP contribution in [0.2, 0.25) is 10.0 Å². The standard InChI is InChI=1S/C8H5Cl2O2/c9-6-3-7(10)5-8(4-6)12-2-1-11/h1-5H.